The molecule has 0 aromatic heterocycles. The molecule has 0 amide bonds. The van der Waals surface area contributed by atoms with Gasteiger partial charge >= 0.3 is 5.97 Å². The van der Waals surface area contributed by atoms with Crippen LogP contribution in [0.4, 0.5) is 0 Å². The molecule has 3 N–H and O–H groups in total. The maximum Gasteiger partial charge on any atom is 0.306 e. The zero-order valence-electron chi connectivity index (χ0n) is 20.4. The highest BCUT2D eigenvalue weighted by Gasteiger charge is 2.87. The van der Waals surface area contributed by atoms with Crippen LogP contribution in [-0.2, 0) is 14.3 Å². The number of hydrogen-bond donors (Lipinski definition) is 3. The number of fused-ring (bicyclic) bond motifs is 5. The standard InChI is InChI=1S/C26H38O6/c1-8-9-18(28)32-26-19(22(26,4)5)17-10-16(13-27)12-25(31)20(29)14(2)11-23(25,6)24(17,7)15(3)21(26)30/h10-11,15,17,19,21,27,30-31H,8-9,12-13H2,1-7H3/t15-,17+,19-,21-,23-,24+,25+,26-/m1/s1. The first kappa shape index (κ1) is 23.7. The summed E-state index contributed by atoms with van der Waals surface area (Å²) in [6.07, 6.45) is 3.95. The molecule has 4 aliphatic rings. The molecule has 6 nitrogen and oxygen atoms in total. The van der Waals surface area contributed by atoms with E-state index in [0.29, 0.717) is 24.0 Å². The summed E-state index contributed by atoms with van der Waals surface area (Å²) in [5.74, 6) is -1.42. The van der Waals surface area contributed by atoms with E-state index < -0.39 is 33.6 Å². The number of Topliss-reactive ketones (excluding diaryl/α,β-unsaturated/α-hetero) is 1. The molecule has 4 rings (SSSR count). The van der Waals surface area contributed by atoms with Crippen molar-refractivity contribution in [1.82, 2.24) is 0 Å². The molecule has 32 heavy (non-hydrogen) atoms. The lowest BCUT2D eigenvalue weighted by Gasteiger charge is -2.59. The summed E-state index contributed by atoms with van der Waals surface area (Å²) in [5, 5.41) is 33.8. The summed E-state index contributed by atoms with van der Waals surface area (Å²) in [6.45, 7) is 13.3. The molecule has 0 unspecified atom stereocenters. The van der Waals surface area contributed by atoms with Gasteiger partial charge in [0.2, 0.25) is 0 Å². The fourth-order valence-corrected chi connectivity index (χ4v) is 8.01. The molecular formula is C26H38O6. The van der Waals surface area contributed by atoms with Gasteiger partial charge in [0, 0.05) is 29.6 Å². The Morgan fingerprint density at radius 2 is 1.88 bits per heavy atom. The Labute approximate surface area is 190 Å². The Balaban J connectivity index is 1.94. The average Bonchev–Trinajstić information content (AvgIpc) is 3.16. The molecule has 2 saturated carbocycles. The van der Waals surface area contributed by atoms with Gasteiger partial charge in [-0.15, -0.1) is 0 Å². The molecular weight excluding hydrogens is 408 g/mol. The fourth-order valence-electron chi connectivity index (χ4n) is 8.01. The minimum Gasteiger partial charge on any atom is -0.455 e. The van der Waals surface area contributed by atoms with Crippen LogP contribution >= 0.6 is 0 Å². The summed E-state index contributed by atoms with van der Waals surface area (Å²) < 4.78 is 6.08. The molecule has 0 aromatic carbocycles. The van der Waals surface area contributed by atoms with Crippen molar-refractivity contribution in [3.8, 4) is 0 Å². The summed E-state index contributed by atoms with van der Waals surface area (Å²) in [4.78, 5) is 25.8. The van der Waals surface area contributed by atoms with Gasteiger partial charge in [-0.25, -0.2) is 0 Å². The molecule has 178 valence electrons. The molecule has 0 spiro atoms. The van der Waals surface area contributed by atoms with E-state index in [1.54, 1.807) is 6.92 Å². The summed E-state index contributed by atoms with van der Waals surface area (Å²) in [5.41, 5.74) is -3.77. The van der Waals surface area contributed by atoms with Crippen LogP contribution < -0.4 is 0 Å². The number of esters is 1. The average molecular weight is 447 g/mol. The number of rotatable bonds is 4. The second-order valence-corrected chi connectivity index (χ2v) is 11.6. The maximum atomic E-state index is 13.2. The Morgan fingerprint density at radius 1 is 1.25 bits per heavy atom. The van der Waals surface area contributed by atoms with Crippen LogP contribution in [-0.4, -0.2) is 51.0 Å². The molecule has 2 fully saturated rings. The van der Waals surface area contributed by atoms with Crippen molar-refractivity contribution in [2.24, 2.45) is 34.0 Å². The lowest BCUT2D eigenvalue weighted by Crippen LogP contribution is -2.64. The van der Waals surface area contributed by atoms with E-state index in [1.807, 2.05) is 53.7 Å². The Kier molecular flexibility index (Phi) is 5.00. The zero-order valence-corrected chi connectivity index (χ0v) is 20.4. The number of aliphatic hydroxyl groups excluding tert-OH is 2. The molecule has 6 heteroatoms. The van der Waals surface area contributed by atoms with Crippen molar-refractivity contribution < 1.29 is 29.6 Å². The van der Waals surface area contributed by atoms with E-state index in [9.17, 15) is 24.9 Å². The van der Waals surface area contributed by atoms with Crippen LogP contribution in [0.15, 0.2) is 23.3 Å². The third-order valence-electron chi connectivity index (χ3n) is 10.1. The van der Waals surface area contributed by atoms with Gasteiger partial charge in [0.1, 0.15) is 11.2 Å². The van der Waals surface area contributed by atoms with Crippen molar-refractivity contribution >= 4 is 11.8 Å². The van der Waals surface area contributed by atoms with Gasteiger partial charge < -0.3 is 20.1 Å². The fraction of sp³-hybridized carbons (Fsp3) is 0.769. The number of ketones is 1. The van der Waals surface area contributed by atoms with Crippen molar-refractivity contribution in [3.63, 3.8) is 0 Å². The van der Waals surface area contributed by atoms with Crippen LogP contribution in [0, 0.1) is 34.0 Å². The van der Waals surface area contributed by atoms with Gasteiger partial charge in [0.15, 0.2) is 5.78 Å². The number of ether oxygens (including phenoxy) is 1. The maximum absolute atomic E-state index is 13.2. The first-order chi connectivity index (χ1) is 14.7. The SMILES string of the molecule is CCCC(=O)O[C@@]12[C@H](O)[C@@H](C)[C@@]3(C)[C@@H](C=C(CO)C[C@]4(O)C(=O)C(C)=C[C@]34C)[C@@H]1C2(C)C. The normalized spacial score (nSPS) is 48.6. The van der Waals surface area contributed by atoms with Crippen molar-refractivity contribution in [2.45, 2.75) is 85.0 Å². The molecule has 0 aromatic rings. The van der Waals surface area contributed by atoms with Gasteiger partial charge in [0.25, 0.3) is 0 Å². The number of carbonyl (C=O) groups excluding carboxylic acids is 2. The van der Waals surface area contributed by atoms with Crippen LogP contribution in [0.25, 0.3) is 0 Å². The van der Waals surface area contributed by atoms with E-state index in [0.717, 1.165) is 0 Å². The third kappa shape index (κ3) is 2.36. The van der Waals surface area contributed by atoms with Crippen LogP contribution in [0.5, 0.6) is 0 Å². The van der Waals surface area contributed by atoms with Crippen LogP contribution in [0.3, 0.4) is 0 Å². The van der Waals surface area contributed by atoms with E-state index >= 15 is 0 Å². The Bertz CT molecular complexity index is 933. The van der Waals surface area contributed by atoms with Crippen LogP contribution in [0.1, 0.15) is 67.7 Å². The van der Waals surface area contributed by atoms with Gasteiger partial charge in [-0.05, 0) is 41.7 Å². The number of allylic oxidation sites excluding steroid dienone is 1. The van der Waals surface area contributed by atoms with Gasteiger partial charge in [-0.1, -0.05) is 53.7 Å². The summed E-state index contributed by atoms with van der Waals surface area (Å²) in [7, 11) is 0. The molecule has 0 bridgehead atoms. The molecule has 0 aliphatic heterocycles. The van der Waals surface area contributed by atoms with E-state index in [1.165, 1.54) is 0 Å². The minimum atomic E-state index is -1.69. The summed E-state index contributed by atoms with van der Waals surface area (Å²) in [6, 6.07) is 0. The molecule has 0 radical (unpaired) electrons. The van der Waals surface area contributed by atoms with Gasteiger partial charge in [-0.3, -0.25) is 9.59 Å². The highest BCUT2D eigenvalue weighted by molar-refractivity contribution is 6.05. The second-order valence-electron chi connectivity index (χ2n) is 11.6. The minimum absolute atomic E-state index is 0.0529. The topological polar surface area (TPSA) is 104 Å². The van der Waals surface area contributed by atoms with E-state index in [2.05, 4.69) is 0 Å². The number of carbonyl (C=O) groups is 2. The monoisotopic (exact) mass is 446 g/mol. The largest absolute Gasteiger partial charge is 0.455 e. The van der Waals surface area contributed by atoms with Crippen LogP contribution in [0.2, 0.25) is 0 Å². The molecule has 0 saturated heterocycles. The van der Waals surface area contributed by atoms with E-state index in [4.69, 9.17) is 4.74 Å². The second kappa shape index (κ2) is 6.77. The Morgan fingerprint density at radius 3 is 2.44 bits per heavy atom. The summed E-state index contributed by atoms with van der Waals surface area (Å²) >= 11 is 0. The van der Waals surface area contributed by atoms with E-state index in [-0.39, 0.29) is 42.5 Å². The highest BCUT2D eigenvalue weighted by atomic mass is 16.6. The zero-order chi connectivity index (χ0) is 24.1. The predicted octanol–water partition coefficient (Wildman–Crippen LogP) is 2.95. The molecule has 8 atom stereocenters. The van der Waals surface area contributed by atoms with Gasteiger partial charge in [-0.2, -0.15) is 0 Å². The third-order valence-corrected chi connectivity index (χ3v) is 10.1. The van der Waals surface area contributed by atoms with Crippen molar-refractivity contribution in [1.29, 1.82) is 0 Å². The highest BCUT2D eigenvalue weighted by Crippen LogP contribution is 2.80. The first-order valence-corrected chi connectivity index (χ1v) is 11.9. The quantitative estimate of drug-likeness (QED) is 0.453. The predicted molar refractivity (Wildman–Crippen MR) is 119 cm³/mol. The number of hydrogen-bond acceptors (Lipinski definition) is 6. The number of aliphatic hydroxyl groups is 3. The smallest absolute Gasteiger partial charge is 0.306 e. The van der Waals surface area contributed by atoms with Gasteiger partial charge in [0.05, 0.1) is 12.7 Å². The first-order valence-electron chi connectivity index (χ1n) is 11.9. The molecule has 4 aliphatic carbocycles. The molecule has 0 heterocycles. The Hall–Kier alpha value is -1.50. The lowest BCUT2D eigenvalue weighted by molar-refractivity contribution is -0.208. The lowest BCUT2D eigenvalue weighted by atomic mass is 9.46. The van der Waals surface area contributed by atoms with Crippen molar-refractivity contribution in [3.05, 3.63) is 23.3 Å². The van der Waals surface area contributed by atoms with Crippen molar-refractivity contribution in [2.75, 3.05) is 6.61 Å².